The molecule has 0 saturated heterocycles. The summed E-state index contributed by atoms with van der Waals surface area (Å²) in [6.07, 6.45) is 0. The minimum absolute atomic E-state index is 0.924. The Balaban J connectivity index is 3.25. The van der Waals surface area contributed by atoms with Crippen molar-refractivity contribution in [3.8, 4) is 0 Å². The Morgan fingerprint density at radius 3 is 1.82 bits per heavy atom. The minimum atomic E-state index is 0.924. The van der Waals surface area contributed by atoms with Gasteiger partial charge < -0.3 is 0 Å². The zero-order valence-electron chi connectivity index (χ0n) is 7.65. The predicted molar refractivity (Wildman–Crippen MR) is 51.9 cm³/mol. The second-order valence-electron chi connectivity index (χ2n) is 3.02. The molecule has 58 valence electrons. The molecule has 0 aromatic heterocycles. The fourth-order valence-electron chi connectivity index (χ4n) is 1.57. The third kappa shape index (κ3) is 1.72. The Hall–Kier alpha value is -0.563. The molecule has 0 spiro atoms. The molecule has 1 rings (SSSR count). The van der Waals surface area contributed by atoms with E-state index in [1.165, 1.54) is 21.9 Å². The number of hydrogen-bond donors (Lipinski definition) is 0. The molecule has 1 heteroatoms. The predicted octanol–water partition coefficient (Wildman–Crippen LogP) is 1.99. The lowest BCUT2D eigenvalue weighted by molar-refractivity contribution is 1.35. The van der Waals surface area contributed by atoms with Gasteiger partial charge in [0.15, 0.2) is 0 Å². The Morgan fingerprint density at radius 2 is 1.45 bits per heavy atom. The van der Waals surface area contributed by atoms with Gasteiger partial charge in [-0.3, -0.25) is 0 Å². The van der Waals surface area contributed by atoms with Crippen molar-refractivity contribution in [1.82, 2.24) is 0 Å². The summed E-state index contributed by atoms with van der Waals surface area (Å²) in [5, 5.41) is 1.54. The highest BCUT2D eigenvalue weighted by Crippen LogP contribution is 2.04. The molecule has 11 heavy (non-hydrogen) atoms. The maximum Gasteiger partial charge on any atom is 0.0780 e. The molecular weight excluding hydrogens is 148 g/mol. The van der Waals surface area contributed by atoms with Crippen LogP contribution in [0.3, 0.4) is 0 Å². The molecule has 1 aromatic rings. The molecule has 0 nitrogen and oxygen atoms in total. The van der Waals surface area contributed by atoms with Gasteiger partial charge in [-0.2, -0.15) is 0 Å². The van der Waals surface area contributed by atoms with Crippen LogP contribution in [0.1, 0.15) is 16.7 Å². The zero-order valence-corrected chi connectivity index (χ0v) is 8.65. The highest BCUT2D eigenvalue weighted by atomic mass is 28.2. The molecule has 0 fully saturated rings. The fraction of sp³-hybridized carbons (Fsp3) is 0.400. The standard InChI is InChI=1S/C10H14Si/c1-7-5-8(2)10(11-4)9(3)6-7/h5-6H,1-4H3. The second-order valence-corrected chi connectivity index (χ2v) is 4.02. The maximum atomic E-state index is 2.26. The zero-order chi connectivity index (χ0) is 8.43. The van der Waals surface area contributed by atoms with Crippen LogP contribution in [-0.2, 0) is 0 Å². The molecule has 0 bridgehead atoms. The van der Waals surface area contributed by atoms with E-state index in [0.717, 1.165) is 9.52 Å². The fourth-order valence-corrected chi connectivity index (χ4v) is 2.51. The number of hydrogen-bond acceptors (Lipinski definition) is 0. The van der Waals surface area contributed by atoms with Gasteiger partial charge in [0.05, 0.1) is 9.52 Å². The Bertz CT molecular complexity index is 241. The minimum Gasteiger partial charge on any atom is -0.0688 e. The highest BCUT2D eigenvalue weighted by molar-refractivity contribution is 6.53. The third-order valence-electron chi connectivity index (χ3n) is 1.93. The molecule has 0 atom stereocenters. The van der Waals surface area contributed by atoms with E-state index >= 15 is 0 Å². The summed E-state index contributed by atoms with van der Waals surface area (Å²) in [4.78, 5) is 0. The molecule has 0 unspecified atom stereocenters. The summed E-state index contributed by atoms with van der Waals surface area (Å²) in [6, 6.07) is 4.53. The van der Waals surface area contributed by atoms with Crippen molar-refractivity contribution in [1.29, 1.82) is 0 Å². The van der Waals surface area contributed by atoms with E-state index in [1.807, 2.05) is 0 Å². The maximum absolute atomic E-state index is 2.26. The quantitative estimate of drug-likeness (QED) is 0.554. The van der Waals surface area contributed by atoms with Gasteiger partial charge >= 0.3 is 0 Å². The van der Waals surface area contributed by atoms with E-state index < -0.39 is 0 Å². The van der Waals surface area contributed by atoms with Gasteiger partial charge in [0.2, 0.25) is 0 Å². The molecule has 0 N–H and O–H groups in total. The largest absolute Gasteiger partial charge is 0.0780 e. The summed E-state index contributed by atoms with van der Waals surface area (Å²) >= 11 is 0. The molecule has 2 radical (unpaired) electrons. The van der Waals surface area contributed by atoms with E-state index in [4.69, 9.17) is 0 Å². The Kier molecular flexibility index (Phi) is 2.50. The monoisotopic (exact) mass is 162 g/mol. The molecule has 0 amide bonds. The average molecular weight is 162 g/mol. The Morgan fingerprint density at radius 1 is 1.00 bits per heavy atom. The van der Waals surface area contributed by atoms with Gasteiger partial charge in [0.25, 0.3) is 0 Å². The lowest BCUT2D eigenvalue weighted by atomic mass is 10.1. The lowest BCUT2D eigenvalue weighted by Crippen LogP contribution is -2.18. The topological polar surface area (TPSA) is 0 Å². The first-order valence-electron chi connectivity index (χ1n) is 3.90. The van der Waals surface area contributed by atoms with E-state index in [9.17, 15) is 0 Å². The summed E-state index contributed by atoms with van der Waals surface area (Å²) in [5.74, 6) is 0. The van der Waals surface area contributed by atoms with Crippen LogP contribution in [-0.4, -0.2) is 9.52 Å². The number of benzene rings is 1. The second kappa shape index (κ2) is 3.22. The van der Waals surface area contributed by atoms with Gasteiger partial charge in [-0.15, -0.1) is 0 Å². The first kappa shape index (κ1) is 8.53. The van der Waals surface area contributed by atoms with Gasteiger partial charge in [0.1, 0.15) is 0 Å². The van der Waals surface area contributed by atoms with Crippen LogP contribution < -0.4 is 5.19 Å². The normalized spacial score (nSPS) is 10.2. The SMILES string of the molecule is C[Si]c1c(C)cc(C)cc1C. The van der Waals surface area contributed by atoms with Crippen LogP contribution in [0, 0.1) is 20.8 Å². The van der Waals surface area contributed by atoms with Gasteiger partial charge in [0, 0.05) is 0 Å². The highest BCUT2D eigenvalue weighted by Gasteiger charge is 2.00. The van der Waals surface area contributed by atoms with Crippen LogP contribution in [0.5, 0.6) is 0 Å². The van der Waals surface area contributed by atoms with Crippen LogP contribution >= 0.6 is 0 Å². The molecule has 1 aromatic carbocycles. The van der Waals surface area contributed by atoms with Crippen molar-refractivity contribution in [2.24, 2.45) is 0 Å². The van der Waals surface area contributed by atoms with Crippen molar-refractivity contribution in [3.63, 3.8) is 0 Å². The third-order valence-corrected chi connectivity index (χ3v) is 3.22. The molecule has 0 heterocycles. The molecule has 0 aliphatic heterocycles. The molecular formula is C10H14Si. The van der Waals surface area contributed by atoms with Crippen molar-refractivity contribution in [2.75, 3.05) is 0 Å². The van der Waals surface area contributed by atoms with Crippen LogP contribution in [0.15, 0.2) is 12.1 Å². The molecule has 0 aliphatic rings. The van der Waals surface area contributed by atoms with Gasteiger partial charge in [-0.05, 0) is 20.8 Å². The lowest BCUT2D eigenvalue weighted by Gasteiger charge is -2.07. The summed E-state index contributed by atoms with van der Waals surface area (Å²) in [6.45, 7) is 8.80. The van der Waals surface area contributed by atoms with E-state index in [1.54, 1.807) is 0 Å². The number of rotatable bonds is 1. The van der Waals surface area contributed by atoms with Crippen LogP contribution in [0.4, 0.5) is 0 Å². The first-order valence-corrected chi connectivity index (χ1v) is 5.40. The first-order chi connectivity index (χ1) is 5.15. The molecule has 0 aliphatic carbocycles. The van der Waals surface area contributed by atoms with Crippen molar-refractivity contribution in [3.05, 3.63) is 28.8 Å². The van der Waals surface area contributed by atoms with E-state index in [2.05, 4.69) is 39.5 Å². The van der Waals surface area contributed by atoms with Gasteiger partial charge in [-0.25, -0.2) is 0 Å². The Labute approximate surface area is 71.5 Å². The molecule has 0 saturated carbocycles. The van der Waals surface area contributed by atoms with E-state index in [0.29, 0.717) is 0 Å². The smallest absolute Gasteiger partial charge is 0.0688 e. The van der Waals surface area contributed by atoms with E-state index in [-0.39, 0.29) is 0 Å². The van der Waals surface area contributed by atoms with Crippen molar-refractivity contribution < 1.29 is 0 Å². The van der Waals surface area contributed by atoms with Crippen LogP contribution in [0.2, 0.25) is 6.55 Å². The van der Waals surface area contributed by atoms with Crippen LogP contribution in [0.25, 0.3) is 0 Å². The summed E-state index contributed by atoms with van der Waals surface area (Å²) in [5.41, 5.74) is 4.27. The number of aryl methyl sites for hydroxylation is 3. The summed E-state index contributed by atoms with van der Waals surface area (Å²) in [7, 11) is 0.924. The average Bonchev–Trinajstić information content (AvgIpc) is 1.85. The summed E-state index contributed by atoms with van der Waals surface area (Å²) < 4.78 is 0. The van der Waals surface area contributed by atoms with Crippen molar-refractivity contribution >= 4 is 14.7 Å². The van der Waals surface area contributed by atoms with Crippen molar-refractivity contribution in [2.45, 2.75) is 27.3 Å². The van der Waals surface area contributed by atoms with Gasteiger partial charge in [-0.1, -0.05) is 40.6 Å².